The molecule has 0 amide bonds. The maximum Gasteiger partial charge on any atom is 2.00 e. The third-order valence-corrected chi connectivity index (χ3v) is 0. The maximum atomic E-state index is 6.22. The van der Waals surface area contributed by atoms with Crippen molar-refractivity contribution >= 4 is 20.7 Å². The molecule has 0 heterocycles. The molecule has 0 aliphatic heterocycles. The first-order chi connectivity index (χ1) is 1.73. The number of amidine groups is 1. The van der Waals surface area contributed by atoms with E-state index in [0.29, 0.717) is 0 Å². The van der Waals surface area contributed by atoms with E-state index >= 15 is 0 Å². The number of hydrogen-bond acceptors (Lipinski definition) is 1. The van der Waals surface area contributed by atoms with E-state index in [1.807, 2.05) is 0 Å². The average molecular weight is 258 g/mol. The van der Waals surface area contributed by atoms with Gasteiger partial charge in [0.2, 0.25) is 0 Å². The van der Waals surface area contributed by atoms with Gasteiger partial charge < -0.3 is 24.8 Å². The summed E-state index contributed by atoms with van der Waals surface area (Å²) in [5, 5.41) is 6.22. The van der Waals surface area contributed by atoms with E-state index in [2.05, 4.69) is 21.7 Å². The van der Waals surface area contributed by atoms with Crippen LogP contribution in [0.15, 0.2) is 0 Å². The van der Waals surface area contributed by atoms with Crippen LogP contribution in [0, 0.1) is 5.41 Å². The van der Waals surface area contributed by atoms with Gasteiger partial charge in [0.25, 0.3) is 0 Å². The molecule has 0 saturated heterocycles. The largest absolute Gasteiger partial charge is 2.00 e. The van der Waals surface area contributed by atoms with Crippen LogP contribution in [0.1, 0.15) is 0 Å². The van der Waals surface area contributed by atoms with Crippen LogP contribution in [0.3, 0.4) is 0 Å². The van der Waals surface area contributed by atoms with Crippen molar-refractivity contribution < 1.29 is 44.3 Å². The van der Waals surface area contributed by atoms with E-state index in [0.717, 1.165) is 0 Å². The summed E-state index contributed by atoms with van der Waals surface area (Å²) in [6, 6.07) is 0. The van der Waals surface area contributed by atoms with Gasteiger partial charge in [-0.2, -0.15) is 0 Å². The van der Waals surface area contributed by atoms with Gasteiger partial charge >= 0.3 is 51.4 Å². The average Bonchev–Trinajstić information content (AvgIpc) is 0.811. The van der Waals surface area contributed by atoms with Crippen LogP contribution in [0.5, 0.6) is 0 Å². The van der Waals surface area contributed by atoms with Crippen molar-refractivity contribution in [2.75, 3.05) is 0 Å². The molecule has 0 unspecified atom stereocenters. The number of nitrogens with two attached hydrogens (primary N) is 1. The van der Waals surface area contributed by atoms with Gasteiger partial charge in [0.15, 0.2) is 0 Å². The minimum absolute atomic E-state index is 0. The summed E-state index contributed by atoms with van der Waals surface area (Å²) in [7, 11) is 0. The Morgan fingerprint density at radius 3 is 1.43 bits per heavy atom. The predicted octanol–water partition coefficient (Wildman–Crippen LogP) is -6.95. The van der Waals surface area contributed by atoms with Crippen LogP contribution in [-0.2, 0) is 19.5 Å². The molecular formula is CH3Cl2N2SeZn. The fourth-order valence-corrected chi connectivity index (χ4v) is 0. The van der Waals surface area contributed by atoms with Crippen LogP contribution in [0.4, 0.5) is 0 Å². The maximum absolute atomic E-state index is 6.22. The molecule has 0 aromatic heterocycles. The number of nitrogens with one attached hydrogen (secondary N) is 1. The minimum atomic E-state index is 0. The molecule has 0 aliphatic rings. The van der Waals surface area contributed by atoms with E-state index in [9.17, 15) is 0 Å². The predicted molar refractivity (Wildman–Crippen MR) is 17.7 cm³/mol. The smallest absolute Gasteiger partial charge is 1.00 e. The zero-order valence-electron chi connectivity index (χ0n) is 3.45. The summed E-state index contributed by atoms with van der Waals surface area (Å²) in [5.41, 5.74) is 4.64. The Morgan fingerprint density at radius 2 is 1.43 bits per heavy atom. The first kappa shape index (κ1) is 24.1. The van der Waals surface area contributed by atoms with Gasteiger partial charge in [-0.1, -0.05) is 0 Å². The van der Waals surface area contributed by atoms with Crippen LogP contribution in [0.25, 0.3) is 0 Å². The normalized spacial score (nSPS) is 3.43. The quantitative estimate of drug-likeness (QED) is 0.253. The second-order valence-corrected chi connectivity index (χ2v) is 1.29. The Hall–Kier alpha value is 1.19. The molecule has 6 heteroatoms. The molecule has 7 heavy (non-hydrogen) atoms. The van der Waals surface area contributed by atoms with Gasteiger partial charge in [0.1, 0.15) is 0 Å². The monoisotopic (exact) mass is 257 g/mol. The van der Waals surface area contributed by atoms with Gasteiger partial charge in [0, 0.05) is 0 Å². The van der Waals surface area contributed by atoms with Gasteiger partial charge in [-0.25, -0.2) is 0 Å². The zero-order valence-corrected chi connectivity index (χ0v) is 9.64. The van der Waals surface area contributed by atoms with Crippen molar-refractivity contribution in [3.8, 4) is 0 Å². The number of hydrogen-bond donors (Lipinski definition) is 2. The molecule has 3 N–H and O–H groups in total. The second kappa shape index (κ2) is 15.7. The molecule has 39 valence electrons. The Bertz CT molecular complexity index is 38.7. The van der Waals surface area contributed by atoms with E-state index in [1.165, 1.54) is 0 Å². The molecule has 2 nitrogen and oxygen atoms in total. The Morgan fingerprint density at radius 1 is 1.43 bits per heavy atom. The van der Waals surface area contributed by atoms with E-state index in [-0.39, 0.29) is 49.0 Å². The molecule has 0 aromatic rings. The molecule has 0 aliphatic carbocycles. The molecule has 0 saturated carbocycles. The Labute approximate surface area is 75.9 Å². The summed E-state index contributed by atoms with van der Waals surface area (Å²) < 4.78 is 0.0417. The molecule has 0 bridgehead atoms. The molecule has 0 atom stereocenters. The van der Waals surface area contributed by atoms with Crippen molar-refractivity contribution in [2.45, 2.75) is 0 Å². The van der Waals surface area contributed by atoms with Gasteiger partial charge in [-0.15, -0.1) is 0 Å². The van der Waals surface area contributed by atoms with E-state index < -0.39 is 0 Å². The molecule has 0 aromatic carbocycles. The Kier molecular flexibility index (Phi) is 54.0. The first-order valence-electron chi connectivity index (χ1n) is 0.743. The SMILES string of the molecule is N=C(N)[Se].[Cl-].[Cl-].[Zn+2]. The molecule has 0 rings (SSSR count). The number of halogens is 2. The van der Waals surface area contributed by atoms with Gasteiger partial charge in [-0.3, -0.25) is 0 Å². The summed E-state index contributed by atoms with van der Waals surface area (Å²) in [6.45, 7) is 0. The van der Waals surface area contributed by atoms with Crippen molar-refractivity contribution in [3.63, 3.8) is 0 Å². The third-order valence-electron chi connectivity index (χ3n) is 0. The van der Waals surface area contributed by atoms with Crippen LogP contribution >= 0.6 is 0 Å². The van der Waals surface area contributed by atoms with Crippen molar-refractivity contribution in [3.05, 3.63) is 0 Å². The summed E-state index contributed by atoms with van der Waals surface area (Å²) >= 11 is 2.26. The van der Waals surface area contributed by atoms with Crippen LogP contribution in [-0.4, -0.2) is 20.7 Å². The topological polar surface area (TPSA) is 49.9 Å². The summed E-state index contributed by atoms with van der Waals surface area (Å²) in [5.74, 6) is 0. The first-order valence-corrected chi connectivity index (χ1v) is 1.60. The molecule has 0 spiro atoms. The fourth-order valence-electron chi connectivity index (χ4n) is 0. The number of rotatable bonds is 0. The van der Waals surface area contributed by atoms with E-state index in [1.54, 1.807) is 0 Å². The van der Waals surface area contributed by atoms with Crippen LogP contribution < -0.4 is 30.5 Å². The standard InChI is InChI=1S/CH3N2Se.2ClH.Zn/c2-1(3)4;;;/h(H3,2,3);2*1H;/q;;;+2/p-2. The Balaban J connectivity index is -0.0000000150. The molecule has 1 radical (unpaired) electrons. The minimum Gasteiger partial charge on any atom is -1.00 e. The molecular weight excluding hydrogens is 255 g/mol. The fraction of sp³-hybridized carbons (Fsp3) is 0. The van der Waals surface area contributed by atoms with Crippen molar-refractivity contribution in [1.82, 2.24) is 0 Å². The van der Waals surface area contributed by atoms with Crippen LogP contribution in [0.2, 0.25) is 0 Å². The summed E-state index contributed by atoms with van der Waals surface area (Å²) in [6.07, 6.45) is 0. The zero-order chi connectivity index (χ0) is 3.58. The van der Waals surface area contributed by atoms with Crippen molar-refractivity contribution in [1.29, 1.82) is 5.41 Å². The van der Waals surface area contributed by atoms with Gasteiger partial charge in [-0.05, 0) is 0 Å². The van der Waals surface area contributed by atoms with Crippen molar-refractivity contribution in [2.24, 2.45) is 5.73 Å². The molecule has 0 fully saturated rings. The summed E-state index contributed by atoms with van der Waals surface area (Å²) in [4.78, 5) is 0. The third kappa shape index (κ3) is 136. The second-order valence-electron chi connectivity index (χ2n) is 0.364. The van der Waals surface area contributed by atoms with E-state index in [4.69, 9.17) is 5.41 Å². The van der Waals surface area contributed by atoms with Gasteiger partial charge in [0.05, 0.1) is 0 Å².